The van der Waals surface area contributed by atoms with E-state index < -0.39 is 20.1 Å². The lowest BCUT2D eigenvalue weighted by molar-refractivity contribution is -0.136. The van der Waals surface area contributed by atoms with Gasteiger partial charge in [0.05, 0.1) is 0 Å². The van der Waals surface area contributed by atoms with Gasteiger partial charge in [-0.2, -0.15) is 0 Å². The van der Waals surface area contributed by atoms with E-state index in [-0.39, 0.29) is 0 Å². The molecule has 0 aromatic heterocycles. The van der Waals surface area contributed by atoms with Gasteiger partial charge in [-0.1, -0.05) is 13.3 Å². The third-order valence-electron chi connectivity index (χ3n) is 1.53. The lowest BCUT2D eigenvalue weighted by Crippen LogP contribution is -2.24. The van der Waals surface area contributed by atoms with Gasteiger partial charge in [-0.15, -0.1) is 0 Å². The quantitative estimate of drug-likeness (QED) is 0.546. The number of aliphatic carboxylic acids is 1. The van der Waals surface area contributed by atoms with Crippen molar-refractivity contribution in [1.82, 2.24) is 0 Å². The number of carboxylic acids is 1. The third-order valence-corrected chi connectivity index (χ3v) is 5.73. The van der Waals surface area contributed by atoms with Gasteiger partial charge in [0.15, 0.2) is 5.25 Å². The zero-order valence-corrected chi connectivity index (χ0v) is 9.32. The Morgan fingerprint density at radius 2 is 2.08 bits per heavy atom. The molecule has 0 saturated heterocycles. The van der Waals surface area contributed by atoms with Crippen molar-refractivity contribution in [3.05, 3.63) is 0 Å². The highest BCUT2D eigenvalue weighted by Gasteiger charge is 2.27. The van der Waals surface area contributed by atoms with Gasteiger partial charge in [0.1, 0.15) is 0 Å². The lowest BCUT2D eigenvalue weighted by atomic mass is 10.4. The SMILES string of the molecule is CCCCSS(=O)(=O)C(C)C(=O)O. The maximum Gasteiger partial charge on any atom is 0.322 e. The van der Waals surface area contributed by atoms with Crippen molar-refractivity contribution in [2.24, 2.45) is 0 Å². The molecule has 78 valence electrons. The summed E-state index contributed by atoms with van der Waals surface area (Å²) in [6.45, 7) is 3.14. The highest BCUT2D eigenvalue weighted by atomic mass is 33.1. The summed E-state index contributed by atoms with van der Waals surface area (Å²) < 4.78 is 22.5. The Morgan fingerprint density at radius 1 is 1.54 bits per heavy atom. The molecule has 13 heavy (non-hydrogen) atoms. The molecule has 0 amide bonds. The normalized spacial score (nSPS) is 14.0. The molecule has 0 fully saturated rings. The number of unbranched alkanes of at least 4 members (excludes halogenated alkanes) is 1. The maximum atomic E-state index is 11.2. The van der Waals surface area contributed by atoms with E-state index in [9.17, 15) is 13.2 Å². The second-order valence-corrected chi connectivity index (χ2v) is 7.09. The van der Waals surface area contributed by atoms with Gasteiger partial charge in [0.25, 0.3) is 0 Å². The monoisotopic (exact) mass is 226 g/mol. The molecule has 0 aliphatic carbocycles. The average molecular weight is 226 g/mol. The van der Waals surface area contributed by atoms with Gasteiger partial charge in [-0.05, 0) is 24.1 Å². The van der Waals surface area contributed by atoms with E-state index in [0.717, 1.165) is 23.6 Å². The summed E-state index contributed by atoms with van der Waals surface area (Å²) in [5.74, 6) is -0.819. The van der Waals surface area contributed by atoms with Crippen molar-refractivity contribution in [2.45, 2.75) is 31.9 Å². The highest BCUT2D eigenvalue weighted by molar-refractivity contribution is 8.72. The minimum atomic E-state index is -3.51. The number of hydrogen-bond donors (Lipinski definition) is 1. The molecule has 0 bridgehead atoms. The summed E-state index contributed by atoms with van der Waals surface area (Å²) >= 11 is 0. The van der Waals surface area contributed by atoms with E-state index in [1.807, 2.05) is 6.92 Å². The molecule has 0 aromatic rings. The molecule has 0 saturated carbocycles. The summed E-state index contributed by atoms with van der Waals surface area (Å²) in [7, 11) is -2.78. The molecule has 0 spiro atoms. The Balaban J connectivity index is 4.16. The van der Waals surface area contributed by atoms with Gasteiger partial charge >= 0.3 is 5.97 Å². The van der Waals surface area contributed by atoms with Crippen molar-refractivity contribution >= 4 is 25.6 Å². The lowest BCUT2D eigenvalue weighted by Gasteiger charge is -2.06. The Kier molecular flexibility index (Phi) is 5.39. The molecule has 0 aliphatic rings. The first-order valence-corrected chi connectivity index (χ1v) is 7.07. The Labute approximate surface area is 82.0 Å². The molecule has 0 aromatic carbocycles. The Hall–Kier alpha value is -0.230. The molecule has 0 heterocycles. The zero-order valence-electron chi connectivity index (χ0n) is 7.69. The molecule has 0 rings (SSSR count). The van der Waals surface area contributed by atoms with Crippen LogP contribution in [0.1, 0.15) is 26.7 Å². The van der Waals surface area contributed by atoms with Crippen LogP contribution in [0.2, 0.25) is 0 Å². The van der Waals surface area contributed by atoms with E-state index >= 15 is 0 Å². The smallest absolute Gasteiger partial charge is 0.322 e. The van der Waals surface area contributed by atoms with Crippen LogP contribution in [0.3, 0.4) is 0 Å². The van der Waals surface area contributed by atoms with Crippen LogP contribution in [0.15, 0.2) is 0 Å². The van der Waals surface area contributed by atoms with E-state index in [2.05, 4.69) is 0 Å². The third kappa shape index (κ3) is 4.52. The summed E-state index contributed by atoms with van der Waals surface area (Å²) in [4.78, 5) is 10.4. The van der Waals surface area contributed by atoms with E-state index in [1.54, 1.807) is 0 Å². The van der Waals surface area contributed by atoms with Gasteiger partial charge < -0.3 is 5.11 Å². The Bertz CT molecular complexity index is 258. The molecule has 4 nitrogen and oxygen atoms in total. The molecule has 0 aliphatic heterocycles. The molecule has 1 atom stereocenters. The van der Waals surface area contributed by atoms with E-state index in [1.165, 1.54) is 6.92 Å². The topological polar surface area (TPSA) is 71.4 Å². The fraction of sp³-hybridized carbons (Fsp3) is 0.857. The van der Waals surface area contributed by atoms with E-state index in [4.69, 9.17) is 5.11 Å². The van der Waals surface area contributed by atoms with Crippen LogP contribution in [0.25, 0.3) is 0 Å². The van der Waals surface area contributed by atoms with Crippen molar-refractivity contribution < 1.29 is 18.3 Å². The summed E-state index contributed by atoms with van der Waals surface area (Å²) in [6, 6.07) is 0. The fourth-order valence-electron chi connectivity index (χ4n) is 0.545. The van der Waals surface area contributed by atoms with Gasteiger partial charge in [0, 0.05) is 5.75 Å². The summed E-state index contributed by atoms with van der Waals surface area (Å²) in [5.41, 5.74) is 0. The Morgan fingerprint density at radius 3 is 2.46 bits per heavy atom. The first-order chi connectivity index (χ1) is 5.91. The first-order valence-electron chi connectivity index (χ1n) is 4.03. The zero-order chi connectivity index (χ0) is 10.5. The first kappa shape index (κ1) is 12.8. The van der Waals surface area contributed by atoms with Crippen molar-refractivity contribution in [3.8, 4) is 0 Å². The summed E-state index contributed by atoms with van der Waals surface area (Å²) in [5, 5.41) is 7.17. The predicted octanol–water partition coefficient (Wildman–Crippen LogP) is 1.32. The average Bonchev–Trinajstić information content (AvgIpc) is 2.03. The van der Waals surface area contributed by atoms with Gasteiger partial charge in [-0.3, -0.25) is 4.79 Å². The van der Waals surface area contributed by atoms with Crippen LogP contribution < -0.4 is 0 Å². The largest absolute Gasteiger partial charge is 0.480 e. The van der Waals surface area contributed by atoms with Crippen molar-refractivity contribution in [1.29, 1.82) is 0 Å². The second-order valence-electron chi connectivity index (χ2n) is 2.65. The number of carbonyl (C=O) groups is 1. The molecular weight excluding hydrogens is 212 g/mol. The number of hydrogen-bond acceptors (Lipinski definition) is 4. The minimum absolute atomic E-state index is 0.469. The molecule has 1 N–H and O–H groups in total. The van der Waals surface area contributed by atoms with Crippen LogP contribution in [-0.4, -0.2) is 30.5 Å². The standard InChI is InChI=1S/C7H14O4S2/c1-3-4-5-12-13(10,11)6(2)7(8)9/h6H,3-5H2,1-2H3,(H,8,9). The van der Waals surface area contributed by atoms with Gasteiger partial charge in [-0.25, -0.2) is 8.42 Å². The van der Waals surface area contributed by atoms with E-state index in [0.29, 0.717) is 5.75 Å². The molecular formula is C7H14O4S2. The fourth-order valence-corrected chi connectivity index (χ4v) is 3.54. The van der Waals surface area contributed by atoms with Crippen LogP contribution in [0, 0.1) is 0 Å². The molecule has 1 unspecified atom stereocenters. The maximum absolute atomic E-state index is 11.2. The highest BCUT2D eigenvalue weighted by Crippen LogP contribution is 2.19. The van der Waals surface area contributed by atoms with Crippen LogP contribution in [0.4, 0.5) is 0 Å². The predicted molar refractivity (Wildman–Crippen MR) is 53.4 cm³/mol. The minimum Gasteiger partial charge on any atom is -0.480 e. The molecule has 0 radical (unpaired) electrons. The second kappa shape index (κ2) is 5.49. The van der Waals surface area contributed by atoms with Gasteiger partial charge in [0.2, 0.25) is 8.87 Å². The van der Waals surface area contributed by atoms with Crippen molar-refractivity contribution in [2.75, 3.05) is 5.75 Å². The van der Waals surface area contributed by atoms with Crippen LogP contribution in [0.5, 0.6) is 0 Å². The molecule has 6 heteroatoms. The number of rotatable bonds is 6. The van der Waals surface area contributed by atoms with Crippen molar-refractivity contribution in [3.63, 3.8) is 0 Å². The number of carboxylic acid groups (broad SMARTS) is 1. The van der Waals surface area contributed by atoms with Crippen LogP contribution >= 0.6 is 10.8 Å². The van der Waals surface area contributed by atoms with Crippen LogP contribution in [-0.2, 0) is 13.7 Å². The summed E-state index contributed by atoms with van der Waals surface area (Å²) in [6.07, 6.45) is 1.69.